The van der Waals surface area contributed by atoms with E-state index < -0.39 is 0 Å². The number of hydrogen-bond acceptors (Lipinski definition) is 6. The molecule has 0 radical (unpaired) electrons. The molecule has 0 spiro atoms. The Labute approximate surface area is 179 Å². The summed E-state index contributed by atoms with van der Waals surface area (Å²) in [5.74, 6) is 1.63. The molecule has 4 aromatic rings. The summed E-state index contributed by atoms with van der Waals surface area (Å²) in [7, 11) is 0. The van der Waals surface area contributed by atoms with Crippen molar-refractivity contribution >= 4 is 34.2 Å². The number of amides is 1. The number of thiophene rings is 1. The lowest BCUT2D eigenvalue weighted by molar-refractivity contribution is 0.102. The van der Waals surface area contributed by atoms with Crippen molar-refractivity contribution in [2.75, 3.05) is 5.32 Å². The number of hydrogen-bond donors (Lipinski definition) is 2. The minimum absolute atomic E-state index is 0.186. The number of rotatable bonds is 7. The van der Waals surface area contributed by atoms with Gasteiger partial charge < -0.3 is 14.3 Å². The van der Waals surface area contributed by atoms with Crippen LogP contribution in [-0.4, -0.2) is 26.5 Å². The normalized spacial score (nSPS) is 11.5. The number of anilines is 1. The maximum atomic E-state index is 12.8. The third-order valence-electron chi connectivity index (χ3n) is 4.76. The fourth-order valence-corrected chi connectivity index (χ4v) is 4.10. The first-order chi connectivity index (χ1) is 14.4. The van der Waals surface area contributed by atoms with Gasteiger partial charge in [0.15, 0.2) is 11.7 Å². The molecule has 156 valence electrons. The molecule has 3 aromatic heterocycles. The lowest BCUT2D eigenvalue weighted by Gasteiger charge is -2.08. The smallest absolute Gasteiger partial charge is 0.268 e. The van der Waals surface area contributed by atoms with E-state index in [0.29, 0.717) is 35.1 Å². The molecule has 4 rings (SSSR count). The zero-order chi connectivity index (χ0) is 21.3. The van der Waals surface area contributed by atoms with Crippen LogP contribution in [0.15, 0.2) is 40.9 Å². The summed E-state index contributed by atoms with van der Waals surface area (Å²) in [6.07, 6.45) is 1.67. The second-order valence-corrected chi connectivity index (χ2v) is 8.48. The molecule has 3 heterocycles. The highest BCUT2D eigenvalue weighted by molar-refractivity contribution is 7.17. The molecule has 0 aliphatic carbocycles. The van der Waals surface area contributed by atoms with Crippen molar-refractivity contribution in [3.63, 3.8) is 0 Å². The van der Waals surface area contributed by atoms with Crippen molar-refractivity contribution in [1.29, 1.82) is 0 Å². The molecular formula is C22H25N5O2S. The SMILES string of the molecule is CCn1c(NC(=O)c2ccc(-c3cnc(C)o3)s2)nc2cc(CNC(C)C)ccc21. The molecule has 1 aromatic carbocycles. The second kappa shape index (κ2) is 8.41. The molecule has 7 nitrogen and oxygen atoms in total. The van der Waals surface area contributed by atoms with Crippen LogP contribution >= 0.6 is 11.3 Å². The Bertz CT molecular complexity index is 1190. The van der Waals surface area contributed by atoms with Gasteiger partial charge in [-0.15, -0.1) is 11.3 Å². The number of benzene rings is 1. The maximum absolute atomic E-state index is 12.8. The number of aryl methyl sites for hydroxylation is 2. The quantitative estimate of drug-likeness (QED) is 0.445. The Kier molecular flexibility index (Phi) is 5.69. The number of nitrogens with zero attached hydrogens (tertiary/aromatic N) is 3. The standard InChI is InChI=1S/C22H25N5O2S/c1-5-27-17-7-6-15(11-23-13(2)3)10-16(17)25-22(27)26-21(28)20-9-8-19(30-20)18-12-24-14(4)29-18/h6-10,12-13,23H,5,11H2,1-4H3,(H,25,26,28). The van der Waals surface area contributed by atoms with E-state index in [9.17, 15) is 4.79 Å². The van der Waals surface area contributed by atoms with E-state index in [0.717, 1.165) is 22.5 Å². The Morgan fingerprint density at radius 1 is 1.27 bits per heavy atom. The van der Waals surface area contributed by atoms with Crippen LogP contribution in [0.1, 0.15) is 41.9 Å². The number of fused-ring (bicyclic) bond motifs is 1. The first kappa shape index (κ1) is 20.3. The van der Waals surface area contributed by atoms with Crippen LogP contribution in [-0.2, 0) is 13.1 Å². The third-order valence-corrected chi connectivity index (χ3v) is 5.86. The van der Waals surface area contributed by atoms with E-state index in [2.05, 4.69) is 52.6 Å². The fourth-order valence-electron chi connectivity index (χ4n) is 3.25. The number of carbonyl (C=O) groups is 1. The highest BCUT2D eigenvalue weighted by Crippen LogP contribution is 2.29. The average molecular weight is 424 g/mol. The molecule has 0 aliphatic rings. The average Bonchev–Trinajstić information content (AvgIpc) is 3.43. The molecule has 1 amide bonds. The minimum atomic E-state index is -0.186. The van der Waals surface area contributed by atoms with Crippen LogP contribution in [0.25, 0.3) is 21.7 Å². The Morgan fingerprint density at radius 2 is 2.10 bits per heavy atom. The summed E-state index contributed by atoms with van der Waals surface area (Å²) in [6, 6.07) is 10.3. The first-order valence-corrected chi connectivity index (χ1v) is 10.8. The van der Waals surface area contributed by atoms with Gasteiger partial charge in [0.1, 0.15) is 0 Å². The Balaban J connectivity index is 1.56. The molecule has 0 unspecified atom stereocenters. The van der Waals surface area contributed by atoms with Gasteiger partial charge in [0.2, 0.25) is 5.95 Å². The van der Waals surface area contributed by atoms with Gasteiger partial charge in [-0.25, -0.2) is 9.97 Å². The maximum Gasteiger partial charge on any atom is 0.268 e. The van der Waals surface area contributed by atoms with E-state index in [4.69, 9.17) is 4.42 Å². The largest absolute Gasteiger partial charge is 0.440 e. The van der Waals surface area contributed by atoms with Crippen molar-refractivity contribution in [3.8, 4) is 10.6 Å². The summed E-state index contributed by atoms with van der Waals surface area (Å²) in [5.41, 5.74) is 3.05. The number of oxazole rings is 1. The van der Waals surface area contributed by atoms with Crippen molar-refractivity contribution in [3.05, 3.63) is 52.9 Å². The summed E-state index contributed by atoms with van der Waals surface area (Å²) < 4.78 is 7.56. The molecule has 0 saturated carbocycles. The topological polar surface area (TPSA) is 85.0 Å². The molecule has 0 fully saturated rings. The second-order valence-electron chi connectivity index (χ2n) is 7.40. The van der Waals surface area contributed by atoms with E-state index >= 15 is 0 Å². The summed E-state index contributed by atoms with van der Waals surface area (Å²) in [5, 5.41) is 6.39. The lowest BCUT2D eigenvalue weighted by atomic mass is 10.2. The minimum Gasteiger partial charge on any atom is -0.440 e. The highest BCUT2D eigenvalue weighted by Gasteiger charge is 2.17. The number of imidazole rings is 1. The van der Waals surface area contributed by atoms with Gasteiger partial charge in [-0.3, -0.25) is 10.1 Å². The number of carbonyl (C=O) groups excluding carboxylic acids is 1. The van der Waals surface area contributed by atoms with Gasteiger partial charge in [-0.1, -0.05) is 19.9 Å². The van der Waals surface area contributed by atoms with Crippen LogP contribution in [0.3, 0.4) is 0 Å². The predicted molar refractivity (Wildman–Crippen MR) is 120 cm³/mol. The molecule has 0 aliphatic heterocycles. The summed E-state index contributed by atoms with van der Waals surface area (Å²) in [4.78, 5) is 23.1. The van der Waals surface area contributed by atoms with E-state index in [1.165, 1.54) is 16.9 Å². The van der Waals surface area contributed by atoms with Crippen molar-refractivity contribution < 1.29 is 9.21 Å². The number of nitrogens with one attached hydrogen (secondary N) is 2. The molecule has 8 heteroatoms. The van der Waals surface area contributed by atoms with Gasteiger partial charge in [0.05, 0.1) is 27.0 Å². The molecular weight excluding hydrogens is 398 g/mol. The Hall–Kier alpha value is -2.97. The fraction of sp³-hybridized carbons (Fsp3) is 0.318. The summed E-state index contributed by atoms with van der Waals surface area (Å²) in [6.45, 7) is 9.58. The van der Waals surface area contributed by atoms with Gasteiger partial charge in [0, 0.05) is 26.1 Å². The highest BCUT2D eigenvalue weighted by atomic mass is 32.1. The monoisotopic (exact) mass is 423 g/mol. The van der Waals surface area contributed by atoms with E-state index in [1.54, 1.807) is 19.2 Å². The zero-order valence-electron chi connectivity index (χ0n) is 17.5. The molecule has 0 bridgehead atoms. The van der Waals surface area contributed by atoms with Crippen LogP contribution in [0.2, 0.25) is 0 Å². The number of aromatic nitrogens is 3. The van der Waals surface area contributed by atoms with Crippen molar-refractivity contribution in [2.45, 2.75) is 46.8 Å². The third kappa shape index (κ3) is 4.15. The molecule has 2 N–H and O–H groups in total. The van der Waals surface area contributed by atoms with Gasteiger partial charge >= 0.3 is 0 Å². The molecule has 30 heavy (non-hydrogen) atoms. The van der Waals surface area contributed by atoms with Crippen molar-refractivity contribution in [1.82, 2.24) is 19.9 Å². The molecule has 0 atom stereocenters. The molecule has 0 saturated heterocycles. The van der Waals surface area contributed by atoms with Crippen LogP contribution in [0.5, 0.6) is 0 Å². The summed E-state index contributed by atoms with van der Waals surface area (Å²) >= 11 is 1.37. The van der Waals surface area contributed by atoms with Gasteiger partial charge in [0.25, 0.3) is 5.91 Å². The lowest BCUT2D eigenvalue weighted by Crippen LogP contribution is -2.21. The van der Waals surface area contributed by atoms with Crippen LogP contribution < -0.4 is 10.6 Å². The van der Waals surface area contributed by atoms with Gasteiger partial charge in [-0.05, 0) is 36.8 Å². The van der Waals surface area contributed by atoms with Crippen molar-refractivity contribution in [2.24, 2.45) is 0 Å². The van der Waals surface area contributed by atoms with E-state index in [1.807, 2.05) is 17.6 Å². The predicted octanol–water partition coefficient (Wildman–Crippen LogP) is 4.83. The van der Waals surface area contributed by atoms with Crippen LogP contribution in [0.4, 0.5) is 5.95 Å². The van der Waals surface area contributed by atoms with Crippen LogP contribution in [0, 0.1) is 6.92 Å². The first-order valence-electron chi connectivity index (χ1n) is 10.0. The van der Waals surface area contributed by atoms with Gasteiger partial charge in [-0.2, -0.15) is 0 Å². The van der Waals surface area contributed by atoms with E-state index in [-0.39, 0.29) is 5.91 Å². The zero-order valence-corrected chi connectivity index (χ0v) is 18.3. The Morgan fingerprint density at radius 3 is 2.80 bits per heavy atom.